The molecule has 0 radical (unpaired) electrons. The second-order valence-electron chi connectivity index (χ2n) is 13.4. The molecule has 13 heteroatoms. The van der Waals surface area contributed by atoms with Gasteiger partial charge in [0, 0.05) is 37.1 Å². The third kappa shape index (κ3) is 7.09. The predicted octanol–water partition coefficient (Wildman–Crippen LogP) is 3.11. The molecule has 0 unspecified atom stereocenters. The molecule has 44 heavy (non-hydrogen) atoms. The molecule has 0 heterocycles. The van der Waals surface area contributed by atoms with Crippen molar-refractivity contribution in [2.24, 2.45) is 28.6 Å². The van der Waals surface area contributed by atoms with E-state index in [1.54, 1.807) is 6.08 Å². The summed E-state index contributed by atoms with van der Waals surface area (Å²) in [6, 6.07) is 0. The summed E-state index contributed by atoms with van der Waals surface area (Å²) in [7, 11) is -4.05. The molecule has 3 fully saturated rings. The van der Waals surface area contributed by atoms with E-state index in [2.05, 4.69) is 12.2 Å². The molecule has 0 aromatic rings. The number of nitrogens with one attached hydrogen (secondary N) is 1. The van der Waals surface area contributed by atoms with E-state index in [1.165, 1.54) is 0 Å². The first kappa shape index (κ1) is 34.2. The van der Waals surface area contributed by atoms with Crippen molar-refractivity contribution in [2.45, 2.75) is 96.5 Å². The van der Waals surface area contributed by atoms with E-state index in [1.807, 2.05) is 6.92 Å². The highest BCUT2D eigenvalue weighted by Gasteiger charge is 2.68. The van der Waals surface area contributed by atoms with Crippen LogP contribution in [0.2, 0.25) is 0 Å². The number of aliphatic hydroxyl groups is 1. The summed E-state index contributed by atoms with van der Waals surface area (Å²) in [5, 5.41) is 14.3. The van der Waals surface area contributed by atoms with Crippen LogP contribution in [0.15, 0.2) is 11.6 Å². The monoisotopic (exact) mass is 639 g/mol. The number of carbonyl (C=O) groups excluding carboxylic acids is 5. The van der Waals surface area contributed by atoms with Crippen LogP contribution in [0.3, 0.4) is 0 Å². The minimum absolute atomic E-state index is 0.0143. The van der Waals surface area contributed by atoms with Crippen LogP contribution in [0.1, 0.15) is 90.9 Å². The lowest BCUT2D eigenvalue weighted by Gasteiger charge is -2.57. The Labute approximate surface area is 258 Å². The quantitative estimate of drug-likeness (QED) is 0.152. The lowest BCUT2D eigenvalue weighted by Crippen LogP contribution is -2.61. The van der Waals surface area contributed by atoms with Crippen molar-refractivity contribution in [1.82, 2.24) is 5.32 Å². The summed E-state index contributed by atoms with van der Waals surface area (Å²) >= 11 is 0. The number of rotatable bonds is 13. The van der Waals surface area contributed by atoms with Crippen LogP contribution < -0.4 is 5.32 Å². The van der Waals surface area contributed by atoms with Gasteiger partial charge < -0.3 is 19.9 Å². The number of carbonyl (C=O) groups is 5. The third-order valence-electron chi connectivity index (χ3n) is 10.8. The number of Topliss-reactive ketones (excluding diaryl/α,β-unsaturated/α-hetero) is 2. The number of amides is 1. The largest absolute Gasteiger partial charge is 0.508 e. The fourth-order valence-corrected chi connectivity index (χ4v) is 8.93. The zero-order chi connectivity index (χ0) is 32.3. The zero-order valence-corrected chi connectivity index (χ0v) is 26.4. The Morgan fingerprint density at radius 1 is 1.02 bits per heavy atom. The molecule has 0 aromatic heterocycles. The fourth-order valence-electron chi connectivity index (χ4n) is 8.42. The van der Waals surface area contributed by atoms with Crippen LogP contribution in [0.4, 0.5) is 4.79 Å². The number of hydrogen-bond donors (Lipinski definition) is 3. The van der Waals surface area contributed by atoms with E-state index >= 15 is 0 Å². The molecule has 4 aliphatic carbocycles. The number of allylic oxidation sites excluding steroid dienone is 1. The highest BCUT2D eigenvalue weighted by atomic mass is 32.2. The average molecular weight is 640 g/mol. The van der Waals surface area contributed by atoms with E-state index in [0.717, 1.165) is 18.4 Å². The normalized spacial score (nSPS) is 33.0. The fraction of sp³-hybridized carbons (Fsp3) is 0.774. The molecule has 1 amide bonds. The molecule has 4 rings (SSSR count). The molecule has 0 aromatic carbocycles. The Hall–Kier alpha value is -2.64. The predicted molar refractivity (Wildman–Crippen MR) is 157 cm³/mol. The summed E-state index contributed by atoms with van der Waals surface area (Å²) in [6.07, 6.45) is 5.95. The zero-order valence-electron chi connectivity index (χ0n) is 25.6. The van der Waals surface area contributed by atoms with Crippen molar-refractivity contribution in [2.75, 3.05) is 25.5 Å². The summed E-state index contributed by atoms with van der Waals surface area (Å²) in [5.41, 5.74) is -2.08. The molecule has 3 N–H and O–H groups in total. The maximum absolute atomic E-state index is 13.7. The molecule has 3 saturated carbocycles. The van der Waals surface area contributed by atoms with Crippen molar-refractivity contribution in [3.05, 3.63) is 11.6 Å². The maximum atomic E-state index is 13.7. The Kier molecular flexibility index (Phi) is 10.4. The number of unbranched alkanes of at least 4 members (excludes halogenated alkanes) is 2. The van der Waals surface area contributed by atoms with Gasteiger partial charge in [-0.1, -0.05) is 19.4 Å². The van der Waals surface area contributed by atoms with Crippen molar-refractivity contribution in [3.8, 4) is 0 Å². The Balaban J connectivity index is 1.20. The van der Waals surface area contributed by atoms with Gasteiger partial charge in [0.2, 0.25) is 11.7 Å². The molecular weight excluding hydrogens is 594 g/mol. The van der Waals surface area contributed by atoms with Crippen molar-refractivity contribution in [1.29, 1.82) is 0 Å². The Morgan fingerprint density at radius 2 is 1.77 bits per heavy atom. The van der Waals surface area contributed by atoms with Crippen LogP contribution in [0.25, 0.3) is 0 Å². The second-order valence-corrected chi connectivity index (χ2v) is 15.0. The first-order valence-corrected chi connectivity index (χ1v) is 17.3. The lowest BCUT2D eigenvalue weighted by molar-refractivity contribution is -0.171. The summed E-state index contributed by atoms with van der Waals surface area (Å²) in [6.45, 7) is 3.40. The molecule has 12 nitrogen and oxygen atoms in total. The lowest BCUT2D eigenvalue weighted by atomic mass is 9.46. The highest BCUT2D eigenvalue weighted by molar-refractivity contribution is 7.85. The summed E-state index contributed by atoms with van der Waals surface area (Å²) < 4.78 is 40.1. The first-order valence-electron chi connectivity index (χ1n) is 15.6. The van der Waals surface area contributed by atoms with Gasteiger partial charge >= 0.3 is 6.16 Å². The number of ketones is 3. The molecular formula is C31H45NO11S. The molecule has 0 aliphatic heterocycles. The average Bonchev–Trinajstić information content (AvgIpc) is 3.22. The molecule has 6 atom stereocenters. The maximum Gasteiger partial charge on any atom is 0.508 e. The van der Waals surface area contributed by atoms with Gasteiger partial charge in [0.15, 0.2) is 12.4 Å². The molecule has 4 aliphatic rings. The van der Waals surface area contributed by atoms with Gasteiger partial charge in [-0.25, -0.2) is 4.79 Å². The van der Waals surface area contributed by atoms with Crippen LogP contribution >= 0.6 is 0 Å². The van der Waals surface area contributed by atoms with E-state index < -0.39 is 45.4 Å². The van der Waals surface area contributed by atoms with Gasteiger partial charge in [0.25, 0.3) is 10.1 Å². The molecule has 0 spiro atoms. The minimum atomic E-state index is -4.05. The van der Waals surface area contributed by atoms with E-state index in [-0.39, 0.29) is 79.5 Å². The minimum Gasteiger partial charge on any atom is -0.434 e. The van der Waals surface area contributed by atoms with Crippen LogP contribution in [-0.2, 0) is 38.8 Å². The Morgan fingerprint density at radius 3 is 2.50 bits per heavy atom. The van der Waals surface area contributed by atoms with Gasteiger partial charge in [-0.15, -0.1) is 0 Å². The summed E-state index contributed by atoms with van der Waals surface area (Å²) in [5.74, 6) is -1.43. The molecule has 0 bridgehead atoms. The SMILES string of the molecule is C[C@]12CCC(=O)C=C1CC[C@@H]1[C@@H]2C(=O)C[C@@]2(C)[C@H]1CC[C@]2(O)C(=O)COC(=O)OCCCCCC(=O)NCCCS(=O)(=O)O. The van der Waals surface area contributed by atoms with E-state index in [9.17, 15) is 37.5 Å². The van der Waals surface area contributed by atoms with E-state index in [0.29, 0.717) is 38.5 Å². The van der Waals surface area contributed by atoms with Gasteiger partial charge in [0.05, 0.1) is 12.4 Å². The first-order chi connectivity index (χ1) is 20.6. The Bertz CT molecular complexity index is 1310. The van der Waals surface area contributed by atoms with Crippen LogP contribution in [-0.4, -0.2) is 78.6 Å². The number of fused-ring (bicyclic) bond motifs is 5. The van der Waals surface area contributed by atoms with Crippen molar-refractivity contribution < 1.29 is 51.5 Å². The second kappa shape index (κ2) is 13.4. The topological polar surface area (TPSA) is 190 Å². The van der Waals surface area contributed by atoms with Gasteiger partial charge in [-0.05, 0) is 81.1 Å². The smallest absolute Gasteiger partial charge is 0.434 e. The molecule has 246 valence electrons. The van der Waals surface area contributed by atoms with Gasteiger partial charge in [-0.2, -0.15) is 8.42 Å². The standard InChI is InChI=1S/C31H45NO11S/c1-29-12-10-21(33)17-20(29)8-9-22-23-11-13-31(38,30(23,2)18-24(34)27(22)29)25(35)19-43-28(37)42-15-5-3-4-7-26(36)32-14-6-16-44(39,40)41/h17,22-23,27,38H,3-16,18-19H2,1-2H3,(H,32,36)(H,39,40,41)/t22-,23-,27+,29-,30-,31-/m0/s1. The summed E-state index contributed by atoms with van der Waals surface area (Å²) in [4.78, 5) is 63.0. The van der Waals surface area contributed by atoms with Crippen LogP contribution in [0.5, 0.6) is 0 Å². The van der Waals surface area contributed by atoms with E-state index in [4.69, 9.17) is 14.0 Å². The van der Waals surface area contributed by atoms with Gasteiger partial charge in [0.1, 0.15) is 11.4 Å². The number of hydrogen-bond acceptors (Lipinski definition) is 10. The number of ether oxygens (including phenoxy) is 2. The highest BCUT2D eigenvalue weighted by Crippen LogP contribution is 2.66. The third-order valence-corrected chi connectivity index (χ3v) is 11.6. The van der Waals surface area contributed by atoms with Gasteiger partial charge in [-0.3, -0.25) is 23.7 Å². The van der Waals surface area contributed by atoms with Crippen molar-refractivity contribution >= 4 is 39.5 Å². The molecule has 0 saturated heterocycles. The van der Waals surface area contributed by atoms with Crippen molar-refractivity contribution in [3.63, 3.8) is 0 Å². The van der Waals surface area contributed by atoms with Crippen LogP contribution in [0, 0.1) is 28.6 Å².